The van der Waals surface area contributed by atoms with Crippen LogP contribution in [0.1, 0.15) is 5.56 Å². The molecule has 1 aromatic heterocycles. The van der Waals surface area contributed by atoms with Gasteiger partial charge in [0.25, 0.3) is 5.69 Å². The smallest absolute Gasteiger partial charge is 0.258 e. The molecule has 17 heavy (non-hydrogen) atoms. The first-order chi connectivity index (χ1) is 8.25. The molecule has 0 bridgehead atoms. The molecule has 2 rings (SSSR count). The van der Waals surface area contributed by atoms with E-state index in [-0.39, 0.29) is 5.69 Å². The van der Waals surface area contributed by atoms with Crippen molar-refractivity contribution < 1.29 is 4.92 Å². The van der Waals surface area contributed by atoms with Crippen LogP contribution in [0.2, 0.25) is 0 Å². The topological polar surface area (TPSA) is 80.4 Å². The first kappa shape index (κ1) is 11.2. The molecule has 6 nitrogen and oxygen atoms in total. The standard InChI is InChI=1S/C10H8N4O2S/c15-14(16)9-3-1-8(2-4-9)7-12-13-10-11-5-6-17-10/h1-7H,(H,11,13)/b12-7+. The average molecular weight is 248 g/mol. The molecule has 0 amide bonds. The molecule has 0 aliphatic heterocycles. The highest BCUT2D eigenvalue weighted by molar-refractivity contribution is 7.13. The third-order valence-corrected chi connectivity index (χ3v) is 2.59. The summed E-state index contributed by atoms with van der Waals surface area (Å²) in [4.78, 5) is 14.0. The highest BCUT2D eigenvalue weighted by Crippen LogP contribution is 2.11. The van der Waals surface area contributed by atoms with Gasteiger partial charge in [-0.15, -0.1) is 11.3 Å². The van der Waals surface area contributed by atoms with Gasteiger partial charge in [-0.1, -0.05) is 0 Å². The lowest BCUT2D eigenvalue weighted by Crippen LogP contribution is -1.91. The van der Waals surface area contributed by atoms with Crippen LogP contribution < -0.4 is 5.43 Å². The Kier molecular flexibility index (Phi) is 3.41. The van der Waals surface area contributed by atoms with Gasteiger partial charge in [0, 0.05) is 23.7 Å². The SMILES string of the molecule is O=[N+]([O-])c1ccc(/C=N/Nc2nccs2)cc1. The number of anilines is 1. The number of nitro groups is 1. The van der Waals surface area contributed by atoms with Gasteiger partial charge in [-0.05, 0) is 17.7 Å². The van der Waals surface area contributed by atoms with Crippen molar-refractivity contribution in [1.82, 2.24) is 4.98 Å². The number of hydrazone groups is 1. The van der Waals surface area contributed by atoms with Crippen molar-refractivity contribution in [3.8, 4) is 0 Å². The summed E-state index contributed by atoms with van der Waals surface area (Å²) in [6.07, 6.45) is 3.25. The first-order valence-electron chi connectivity index (χ1n) is 4.69. The van der Waals surface area contributed by atoms with Gasteiger partial charge < -0.3 is 0 Å². The maximum Gasteiger partial charge on any atom is 0.269 e. The second kappa shape index (κ2) is 5.17. The van der Waals surface area contributed by atoms with Crippen molar-refractivity contribution in [1.29, 1.82) is 0 Å². The summed E-state index contributed by atoms with van der Waals surface area (Å²) in [6, 6.07) is 6.13. The van der Waals surface area contributed by atoms with Crippen molar-refractivity contribution in [2.24, 2.45) is 5.10 Å². The van der Waals surface area contributed by atoms with Crippen molar-refractivity contribution in [2.45, 2.75) is 0 Å². The van der Waals surface area contributed by atoms with E-state index in [1.54, 1.807) is 24.5 Å². The summed E-state index contributed by atoms with van der Waals surface area (Å²) >= 11 is 1.44. The first-order valence-corrected chi connectivity index (χ1v) is 5.57. The van der Waals surface area contributed by atoms with Crippen molar-refractivity contribution in [2.75, 3.05) is 5.43 Å². The molecule has 0 saturated carbocycles. The largest absolute Gasteiger partial charge is 0.269 e. The van der Waals surface area contributed by atoms with Crippen LogP contribution in [0.25, 0.3) is 0 Å². The number of rotatable bonds is 4. The van der Waals surface area contributed by atoms with E-state index in [2.05, 4.69) is 15.5 Å². The molecule has 1 aromatic carbocycles. The Morgan fingerprint density at radius 1 is 1.41 bits per heavy atom. The van der Waals surface area contributed by atoms with Gasteiger partial charge in [0.1, 0.15) is 0 Å². The Balaban J connectivity index is 1.99. The Bertz CT molecular complexity index is 522. The summed E-state index contributed by atoms with van der Waals surface area (Å²) in [5.74, 6) is 0. The zero-order valence-electron chi connectivity index (χ0n) is 8.61. The Labute approximate surface area is 101 Å². The molecule has 0 aliphatic carbocycles. The summed E-state index contributed by atoms with van der Waals surface area (Å²) in [7, 11) is 0. The molecule has 0 atom stereocenters. The van der Waals surface area contributed by atoms with E-state index in [9.17, 15) is 10.1 Å². The fourth-order valence-corrected chi connectivity index (χ4v) is 1.60. The van der Waals surface area contributed by atoms with E-state index < -0.39 is 4.92 Å². The number of thiazole rings is 1. The Hall–Kier alpha value is -2.28. The second-order valence-corrected chi connectivity index (χ2v) is 3.95. The van der Waals surface area contributed by atoms with Gasteiger partial charge in [-0.2, -0.15) is 5.10 Å². The van der Waals surface area contributed by atoms with Gasteiger partial charge in [0.15, 0.2) is 0 Å². The maximum atomic E-state index is 10.4. The number of nitro benzene ring substituents is 1. The minimum atomic E-state index is -0.436. The van der Waals surface area contributed by atoms with Crippen LogP contribution in [-0.2, 0) is 0 Å². The monoisotopic (exact) mass is 248 g/mol. The second-order valence-electron chi connectivity index (χ2n) is 3.06. The fourth-order valence-electron chi connectivity index (χ4n) is 1.12. The number of nitrogens with one attached hydrogen (secondary N) is 1. The van der Waals surface area contributed by atoms with Crippen molar-refractivity contribution in [3.63, 3.8) is 0 Å². The number of hydrogen-bond acceptors (Lipinski definition) is 6. The Morgan fingerprint density at radius 2 is 2.18 bits per heavy atom. The highest BCUT2D eigenvalue weighted by atomic mass is 32.1. The highest BCUT2D eigenvalue weighted by Gasteiger charge is 2.02. The van der Waals surface area contributed by atoms with Crippen LogP contribution in [0, 0.1) is 10.1 Å². The van der Waals surface area contributed by atoms with E-state index in [1.165, 1.54) is 23.5 Å². The van der Waals surface area contributed by atoms with Crippen LogP contribution in [0.4, 0.5) is 10.8 Å². The summed E-state index contributed by atoms with van der Waals surface area (Å²) in [5, 5.41) is 16.9. The molecule has 86 valence electrons. The lowest BCUT2D eigenvalue weighted by atomic mass is 10.2. The lowest BCUT2D eigenvalue weighted by Gasteiger charge is -1.94. The van der Waals surface area contributed by atoms with Crippen LogP contribution >= 0.6 is 11.3 Å². The average Bonchev–Trinajstić information content (AvgIpc) is 2.83. The third kappa shape index (κ3) is 3.08. The van der Waals surface area contributed by atoms with E-state index in [0.29, 0.717) is 5.13 Å². The number of non-ortho nitro benzene ring substituents is 1. The van der Waals surface area contributed by atoms with Crippen LogP contribution in [0.5, 0.6) is 0 Å². The number of benzene rings is 1. The molecule has 0 radical (unpaired) electrons. The minimum absolute atomic E-state index is 0.0648. The molecular weight excluding hydrogens is 240 g/mol. The third-order valence-electron chi connectivity index (χ3n) is 1.91. The zero-order chi connectivity index (χ0) is 12.1. The zero-order valence-corrected chi connectivity index (χ0v) is 9.42. The molecule has 0 fully saturated rings. The van der Waals surface area contributed by atoms with Gasteiger partial charge >= 0.3 is 0 Å². The number of nitrogens with zero attached hydrogens (tertiary/aromatic N) is 3. The number of hydrogen-bond donors (Lipinski definition) is 1. The molecule has 1 N–H and O–H groups in total. The van der Waals surface area contributed by atoms with Gasteiger partial charge in [-0.3, -0.25) is 15.5 Å². The van der Waals surface area contributed by atoms with Crippen molar-refractivity contribution in [3.05, 3.63) is 51.5 Å². The van der Waals surface area contributed by atoms with E-state index >= 15 is 0 Å². The Morgan fingerprint density at radius 3 is 2.76 bits per heavy atom. The van der Waals surface area contributed by atoms with Gasteiger partial charge in [0.2, 0.25) is 5.13 Å². The van der Waals surface area contributed by atoms with E-state index in [0.717, 1.165) is 5.56 Å². The molecule has 0 saturated heterocycles. The van der Waals surface area contributed by atoms with Gasteiger partial charge in [0.05, 0.1) is 11.1 Å². The molecule has 0 spiro atoms. The van der Waals surface area contributed by atoms with Crippen molar-refractivity contribution >= 4 is 28.4 Å². The fraction of sp³-hybridized carbons (Fsp3) is 0. The van der Waals surface area contributed by atoms with Crippen LogP contribution in [0.15, 0.2) is 40.9 Å². The predicted octanol–water partition coefficient (Wildman–Crippen LogP) is 2.50. The summed E-state index contributed by atoms with van der Waals surface area (Å²) in [5.41, 5.74) is 3.60. The molecule has 0 aliphatic rings. The van der Waals surface area contributed by atoms with Crippen LogP contribution in [0.3, 0.4) is 0 Å². The molecule has 2 aromatic rings. The predicted molar refractivity (Wildman–Crippen MR) is 66.4 cm³/mol. The van der Waals surface area contributed by atoms with Gasteiger partial charge in [-0.25, -0.2) is 4.98 Å². The quantitative estimate of drug-likeness (QED) is 0.512. The summed E-state index contributed by atoms with van der Waals surface area (Å²) < 4.78 is 0. The minimum Gasteiger partial charge on any atom is -0.258 e. The number of aromatic nitrogens is 1. The summed E-state index contributed by atoms with van der Waals surface area (Å²) in [6.45, 7) is 0. The van der Waals surface area contributed by atoms with E-state index in [4.69, 9.17) is 0 Å². The normalized spacial score (nSPS) is 10.6. The van der Waals surface area contributed by atoms with E-state index in [1.807, 2.05) is 5.38 Å². The molecule has 7 heteroatoms. The maximum absolute atomic E-state index is 10.4. The van der Waals surface area contributed by atoms with Crippen LogP contribution in [-0.4, -0.2) is 16.1 Å². The lowest BCUT2D eigenvalue weighted by molar-refractivity contribution is -0.384. The molecule has 1 heterocycles. The molecule has 0 unspecified atom stereocenters. The molecular formula is C10H8N4O2S.